The van der Waals surface area contributed by atoms with Crippen LogP contribution in [-0.4, -0.2) is 69.2 Å². The van der Waals surface area contributed by atoms with Crippen LogP contribution in [-0.2, 0) is 32.0 Å². The SMILES string of the molecule is COC[C@H]1OC(OCCc2ccccc2)[C@H](NCCCN)C(OCc2ccc3ccccc3c2)[C@@H]1O. The molecule has 0 bridgehead atoms. The largest absolute Gasteiger partial charge is 0.388 e. The van der Waals surface area contributed by atoms with E-state index in [4.69, 9.17) is 24.7 Å². The maximum Gasteiger partial charge on any atom is 0.175 e. The first-order valence-corrected chi connectivity index (χ1v) is 12.7. The molecular formula is C29H38N2O5. The number of ether oxygens (including phenoxy) is 4. The Bertz CT molecular complexity index is 1050. The van der Waals surface area contributed by atoms with Gasteiger partial charge in [-0.3, -0.25) is 0 Å². The van der Waals surface area contributed by atoms with Gasteiger partial charge in [-0.25, -0.2) is 0 Å². The molecule has 0 radical (unpaired) electrons. The van der Waals surface area contributed by atoms with Gasteiger partial charge < -0.3 is 35.1 Å². The first kappa shape index (κ1) is 26.7. The van der Waals surface area contributed by atoms with Crippen LogP contribution in [0.3, 0.4) is 0 Å². The summed E-state index contributed by atoms with van der Waals surface area (Å²) < 4.78 is 24.1. The van der Waals surface area contributed by atoms with Crippen molar-refractivity contribution in [3.63, 3.8) is 0 Å². The molecule has 4 N–H and O–H groups in total. The average Bonchev–Trinajstić information content (AvgIpc) is 2.91. The molecule has 0 aromatic heterocycles. The van der Waals surface area contributed by atoms with Gasteiger partial charge in [-0.15, -0.1) is 0 Å². The molecule has 5 atom stereocenters. The fourth-order valence-corrected chi connectivity index (χ4v) is 4.61. The molecule has 0 amide bonds. The molecule has 194 valence electrons. The number of aliphatic hydroxyl groups is 1. The highest BCUT2D eigenvalue weighted by molar-refractivity contribution is 5.82. The van der Waals surface area contributed by atoms with Gasteiger partial charge in [0, 0.05) is 7.11 Å². The first-order valence-electron chi connectivity index (χ1n) is 12.7. The van der Waals surface area contributed by atoms with E-state index in [-0.39, 0.29) is 12.6 Å². The third kappa shape index (κ3) is 7.11. The van der Waals surface area contributed by atoms with Crippen LogP contribution in [0.15, 0.2) is 72.8 Å². The molecule has 1 aliphatic rings. The number of rotatable bonds is 13. The van der Waals surface area contributed by atoms with Gasteiger partial charge in [0.15, 0.2) is 6.29 Å². The van der Waals surface area contributed by atoms with Crippen molar-refractivity contribution >= 4 is 10.8 Å². The van der Waals surface area contributed by atoms with Crippen LogP contribution >= 0.6 is 0 Å². The van der Waals surface area contributed by atoms with E-state index in [0.717, 1.165) is 23.8 Å². The minimum Gasteiger partial charge on any atom is -0.388 e. The number of methoxy groups -OCH3 is 1. The molecule has 1 aliphatic heterocycles. The lowest BCUT2D eigenvalue weighted by Crippen LogP contribution is -2.65. The summed E-state index contributed by atoms with van der Waals surface area (Å²) in [7, 11) is 1.60. The van der Waals surface area contributed by atoms with Crippen molar-refractivity contribution < 1.29 is 24.1 Å². The number of nitrogens with two attached hydrogens (primary N) is 1. The summed E-state index contributed by atoms with van der Waals surface area (Å²) >= 11 is 0. The zero-order valence-electron chi connectivity index (χ0n) is 20.9. The molecule has 7 nitrogen and oxygen atoms in total. The minimum absolute atomic E-state index is 0.241. The molecule has 3 aromatic rings. The van der Waals surface area contributed by atoms with E-state index in [1.807, 2.05) is 30.3 Å². The van der Waals surface area contributed by atoms with Crippen LogP contribution in [0.2, 0.25) is 0 Å². The van der Waals surface area contributed by atoms with Crippen LogP contribution < -0.4 is 11.1 Å². The molecule has 1 heterocycles. The third-order valence-electron chi connectivity index (χ3n) is 6.54. The van der Waals surface area contributed by atoms with E-state index >= 15 is 0 Å². The Balaban J connectivity index is 1.48. The Morgan fingerprint density at radius 1 is 0.944 bits per heavy atom. The van der Waals surface area contributed by atoms with Crippen LogP contribution in [0.4, 0.5) is 0 Å². The molecular weight excluding hydrogens is 456 g/mol. The summed E-state index contributed by atoms with van der Waals surface area (Å²) in [5, 5.41) is 17.0. The van der Waals surface area contributed by atoms with Crippen LogP contribution in [0.1, 0.15) is 17.5 Å². The number of nitrogens with one attached hydrogen (secondary N) is 1. The zero-order valence-corrected chi connectivity index (χ0v) is 20.9. The van der Waals surface area contributed by atoms with Crippen molar-refractivity contribution in [3.8, 4) is 0 Å². The molecule has 1 saturated heterocycles. The zero-order chi connectivity index (χ0) is 25.2. The van der Waals surface area contributed by atoms with Crippen LogP contribution in [0.5, 0.6) is 0 Å². The molecule has 0 saturated carbocycles. The Morgan fingerprint density at radius 3 is 2.50 bits per heavy atom. The summed E-state index contributed by atoms with van der Waals surface area (Å²) in [5.41, 5.74) is 7.96. The topological polar surface area (TPSA) is 95.2 Å². The first-order chi connectivity index (χ1) is 17.7. The number of hydrogen-bond donors (Lipinski definition) is 3. The standard InChI is InChI=1S/C29H38N2O5/c1-33-20-25-27(32)28(35-19-22-12-13-23-10-5-6-11-24(23)18-22)26(31-16-7-15-30)29(36-25)34-17-14-21-8-3-2-4-9-21/h2-6,8-13,18,25-29,31-32H,7,14-17,19-20,30H2,1H3/t25-,26-,27-,28?,29?/m1/s1. The van der Waals surface area contributed by atoms with Crippen LogP contribution in [0, 0.1) is 0 Å². The van der Waals surface area contributed by atoms with Gasteiger partial charge in [-0.1, -0.05) is 66.7 Å². The number of hydrogen-bond acceptors (Lipinski definition) is 7. The second-order valence-corrected chi connectivity index (χ2v) is 9.17. The smallest absolute Gasteiger partial charge is 0.175 e. The lowest BCUT2D eigenvalue weighted by molar-refractivity contribution is -0.280. The highest BCUT2D eigenvalue weighted by Crippen LogP contribution is 2.27. The quantitative estimate of drug-likeness (QED) is 0.315. The molecule has 36 heavy (non-hydrogen) atoms. The van der Waals surface area contributed by atoms with Crippen molar-refractivity contribution in [2.24, 2.45) is 5.73 Å². The van der Waals surface area contributed by atoms with E-state index < -0.39 is 24.6 Å². The van der Waals surface area contributed by atoms with Crippen molar-refractivity contribution in [1.29, 1.82) is 0 Å². The third-order valence-corrected chi connectivity index (χ3v) is 6.54. The summed E-state index contributed by atoms with van der Waals surface area (Å²) in [5.74, 6) is 0. The minimum atomic E-state index is -0.880. The lowest BCUT2D eigenvalue weighted by Gasteiger charge is -2.44. The molecule has 2 unspecified atom stereocenters. The van der Waals surface area contributed by atoms with Gasteiger partial charge in [0.25, 0.3) is 0 Å². The molecule has 7 heteroatoms. The van der Waals surface area contributed by atoms with Gasteiger partial charge in [0.1, 0.15) is 18.3 Å². The van der Waals surface area contributed by atoms with Gasteiger partial charge in [-0.05, 0) is 53.9 Å². The summed E-state index contributed by atoms with van der Waals surface area (Å²) in [6.07, 6.45) is -1.04. The van der Waals surface area contributed by atoms with Crippen molar-refractivity contribution in [3.05, 3.63) is 83.9 Å². The number of fused-ring (bicyclic) bond motifs is 1. The van der Waals surface area contributed by atoms with Gasteiger partial charge in [-0.2, -0.15) is 0 Å². The predicted octanol–water partition coefficient (Wildman–Crippen LogP) is 3.02. The van der Waals surface area contributed by atoms with E-state index in [2.05, 4.69) is 47.8 Å². The second kappa shape index (κ2) is 13.8. The summed E-state index contributed by atoms with van der Waals surface area (Å²) in [6, 6.07) is 24.3. The fraction of sp³-hybridized carbons (Fsp3) is 0.448. The lowest BCUT2D eigenvalue weighted by atomic mass is 9.96. The summed E-state index contributed by atoms with van der Waals surface area (Å²) in [4.78, 5) is 0. The van der Waals surface area contributed by atoms with Crippen molar-refractivity contribution in [2.75, 3.05) is 33.4 Å². The second-order valence-electron chi connectivity index (χ2n) is 9.17. The van der Waals surface area contributed by atoms with Gasteiger partial charge in [0.2, 0.25) is 0 Å². The maximum absolute atomic E-state index is 11.2. The fourth-order valence-electron chi connectivity index (χ4n) is 4.61. The molecule has 0 spiro atoms. The Morgan fingerprint density at radius 2 is 1.72 bits per heavy atom. The van der Waals surface area contributed by atoms with Gasteiger partial charge >= 0.3 is 0 Å². The molecule has 1 fully saturated rings. The van der Waals surface area contributed by atoms with Crippen LogP contribution in [0.25, 0.3) is 10.8 Å². The van der Waals surface area contributed by atoms with Crippen molar-refractivity contribution in [2.45, 2.75) is 50.1 Å². The number of aliphatic hydroxyl groups excluding tert-OH is 1. The van der Waals surface area contributed by atoms with E-state index in [0.29, 0.717) is 26.3 Å². The predicted molar refractivity (Wildman–Crippen MR) is 141 cm³/mol. The molecule has 4 rings (SSSR count). The normalized spacial score (nSPS) is 24.2. The van der Waals surface area contributed by atoms with E-state index in [9.17, 15) is 5.11 Å². The Hall–Kier alpha value is -2.36. The Kier molecular flexibility index (Phi) is 10.2. The van der Waals surface area contributed by atoms with Crippen molar-refractivity contribution in [1.82, 2.24) is 5.32 Å². The maximum atomic E-state index is 11.2. The van der Waals surface area contributed by atoms with Gasteiger partial charge in [0.05, 0.1) is 25.9 Å². The molecule has 0 aliphatic carbocycles. The average molecular weight is 495 g/mol. The van der Waals surface area contributed by atoms with E-state index in [1.54, 1.807) is 7.11 Å². The highest BCUT2D eigenvalue weighted by atomic mass is 16.7. The number of benzene rings is 3. The highest BCUT2D eigenvalue weighted by Gasteiger charge is 2.46. The van der Waals surface area contributed by atoms with E-state index in [1.165, 1.54) is 10.9 Å². The molecule has 3 aromatic carbocycles. The monoisotopic (exact) mass is 494 g/mol. The summed E-state index contributed by atoms with van der Waals surface area (Å²) in [6.45, 7) is 2.32. The Labute approximate surface area is 213 Å².